The molecular formula is C12H11Br2ClN4. The van der Waals surface area contributed by atoms with E-state index in [9.17, 15) is 0 Å². The van der Waals surface area contributed by atoms with Gasteiger partial charge in [-0.05, 0) is 41.1 Å². The normalized spacial score (nSPS) is 10.3. The van der Waals surface area contributed by atoms with Crippen molar-refractivity contribution in [3.05, 3.63) is 38.4 Å². The Kier molecular flexibility index (Phi) is 5.01. The number of nitrogens with one attached hydrogen (secondary N) is 2. The van der Waals surface area contributed by atoms with E-state index in [4.69, 9.17) is 11.6 Å². The summed E-state index contributed by atoms with van der Waals surface area (Å²) in [6.45, 7) is 2.75. The number of halogens is 3. The van der Waals surface area contributed by atoms with Crippen molar-refractivity contribution in [3.8, 4) is 0 Å². The highest BCUT2D eigenvalue weighted by Crippen LogP contribution is 2.30. The second-order valence-corrected chi connectivity index (χ2v) is 5.85. The van der Waals surface area contributed by atoms with Crippen molar-refractivity contribution < 1.29 is 0 Å². The number of nitrogens with zero attached hydrogens (tertiary/aromatic N) is 2. The standard InChI is InChI=1S/C12H11Br2ClN4/c1-2-16-12-17-6-8(14)11(19-12)18-10-4-3-7(13)5-9(10)15/h3-6H,2H2,1H3,(H2,16,17,18,19). The SMILES string of the molecule is CCNc1ncc(Br)c(Nc2ccc(Br)cc2Cl)n1. The molecule has 0 unspecified atom stereocenters. The molecule has 0 fully saturated rings. The van der Waals surface area contributed by atoms with Gasteiger partial charge in [-0.15, -0.1) is 0 Å². The molecule has 0 aliphatic rings. The molecule has 7 heteroatoms. The van der Waals surface area contributed by atoms with Gasteiger partial charge >= 0.3 is 0 Å². The second kappa shape index (κ2) is 6.54. The molecule has 0 saturated heterocycles. The fourth-order valence-corrected chi connectivity index (χ4v) is 2.43. The summed E-state index contributed by atoms with van der Waals surface area (Å²) in [5.41, 5.74) is 0.784. The Labute approximate surface area is 133 Å². The number of rotatable bonds is 4. The van der Waals surface area contributed by atoms with Gasteiger partial charge in [-0.25, -0.2) is 4.98 Å². The molecule has 100 valence electrons. The third-order valence-corrected chi connectivity index (χ3v) is 3.65. The molecule has 1 aromatic heterocycles. The summed E-state index contributed by atoms with van der Waals surface area (Å²) < 4.78 is 1.70. The van der Waals surface area contributed by atoms with Crippen LogP contribution < -0.4 is 10.6 Å². The van der Waals surface area contributed by atoms with Crippen molar-refractivity contribution in [2.45, 2.75) is 6.92 Å². The minimum absolute atomic E-state index is 0.571. The number of benzene rings is 1. The zero-order valence-corrected chi connectivity index (χ0v) is 14.0. The molecule has 2 rings (SSSR count). The maximum absolute atomic E-state index is 6.17. The molecule has 2 N–H and O–H groups in total. The number of anilines is 3. The van der Waals surface area contributed by atoms with Crippen LogP contribution >= 0.6 is 43.5 Å². The first-order valence-electron chi connectivity index (χ1n) is 5.58. The molecule has 0 aliphatic carbocycles. The number of hydrogen-bond donors (Lipinski definition) is 2. The van der Waals surface area contributed by atoms with E-state index in [-0.39, 0.29) is 0 Å². The predicted octanol–water partition coefficient (Wildman–Crippen LogP) is 4.83. The first-order valence-corrected chi connectivity index (χ1v) is 7.55. The monoisotopic (exact) mass is 404 g/mol. The van der Waals surface area contributed by atoms with E-state index in [2.05, 4.69) is 52.5 Å². The lowest BCUT2D eigenvalue weighted by Crippen LogP contribution is -2.04. The maximum Gasteiger partial charge on any atom is 0.224 e. The summed E-state index contributed by atoms with van der Waals surface area (Å²) in [4.78, 5) is 8.53. The Bertz CT molecular complexity index is 592. The second-order valence-electron chi connectivity index (χ2n) is 3.67. The van der Waals surface area contributed by atoms with Crippen molar-refractivity contribution in [2.75, 3.05) is 17.2 Å². The lowest BCUT2D eigenvalue weighted by atomic mass is 10.3. The maximum atomic E-state index is 6.17. The molecule has 1 heterocycles. The largest absolute Gasteiger partial charge is 0.354 e. The minimum Gasteiger partial charge on any atom is -0.354 e. The molecule has 0 amide bonds. The summed E-state index contributed by atoms with van der Waals surface area (Å²) in [6, 6.07) is 5.62. The van der Waals surface area contributed by atoms with Gasteiger partial charge in [-0.3, -0.25) is 0 Å². The van der Waals surface area contributed by atoms with Crippen molar-refractivity contribution in [3.63, 3.8) is 0 Å². The van der Waals surface area contributed by atoms with Crippen LogP contribution in [0.4, 0.5) is 17.5 Å². The Balaban J connectivity index is 2.29. The van der Waals surface area contributed by atoms with Gasteiger partial charge in [0.2, 0.25) is 5.95 Å². The molecule has 19 heavy (non-hydrogen) atoms. The van der Waals surface area contributed by atoms with Crippen molar-refractivity contribution in [2.24, 2.45) is 0 Å². The zero-order chi connectivity index (χ0) is 13.8. The van der Waals surface area contributed by atoms with Crippen molar-refractivity contribution in [1.82, 2.24) is 9.97 Å². The van der Waals surface area contributed by atoms with E-state index < -0.39 is 0 Å². The summed E-state index contributed by atoms with van der Waals surface area (Å²) in [5, 5.41) is 6.85. The molecule has 0 atom stereocenters. The highest BCUT2D eigenvalue weighted by molar-refractivity contribution is 9.10. The van der Waals surface area contributed by atoms with E-state index in [1.165, 1.54) is 0 Å². The molecule has 1 aromatic carbocycles. The fraction of sp³-hybridized carbons (Fsp3) is 0.167. The Morgan fingerprint density at radius 3 is 2.79 bits per heavy atom. The molecule has 0 saturated carbocycles. The molecule has 0 bridgehead atoms. The van der Waals surface area contributed by atoms with E-state index in [0.717, 1.165) is 21.2 Å². The summed E-state index contributed by atoms with van der Waals surface area (Å²) in [7, 11) is 0. The van der Waals surface area contributed by atoms with Gasteiger partial charge in [0.1, 0.15) is 5.82 Å². The Morgan fingerprint density at radius 1 is 1.32 bits per heavy atom. The summed E-state index contributed by atoms with van der Waals surface area (Å²) in [5.74, 6) is 1.23. The lowest BCUT2D eigenvalue weighted by molar-refractivity contribution is 1.08. The Hall–Kier alpha value is -0.850. The van der Waals surface area contributed by atoms with Gasteiger partial charge in [-0.2, -0.15) is 4.98 Å². The first kappa shape index (κ1) is 14.6. The molecule has 0 spiro atoms. The van der Waals surface area contributed by atoms with Crippen molar-refractivity contribution >= 4 is 60.9 Å². The number of hydrogen-bond acceptors (Lipinski definition) is 4. The quantitative estimate of drug-likeness (QED) is 0.764. The highest BCUT2D eigenvalue weighted by atomic mass is 79.9. The van der Waals surface area contributed by atoms with Crippen LogP contribution in [0, 0.1) is 0 Å². The highest BCUT2D eigenvalue weighted by Gasteiger charge is 2.07. The van der Waals surface area contributed by atoms with Gasteiger partial charge in [0, 0.05) is 17.2 Å². The van der Waals surface area contributed by atoms with Gasteiger partial charge < -0.3 is 10.6 Å². The molecular weight excluding hydrogens is 395 g/mol. The van der Waals surface area contributed by atoms with Crippen LogP contribution in [0.1, 0.15) is 6.92 Å². The summed E-state index contributed by atoms with van der Waals surface area (Å²) in [6.07, 6.45) is 1.69. The van der Waals surface area contributed by atoms with Crippen LogP contribution in [0.15, 0.2) is 33.3 Å². The minimum atomic E-state index is 0.571. The van der Waals surface area contributed by atoms with E-state index >= 15 is 0 Å². The van der Waals surface area contributed by atoms with Crippen LogP contribution in [-0.2, 0) is 0 Å². The van der Waals surface area contributed by atoms with Crippen LogP contribution in [0.2, 0.25) is 5.02 Å². The zero-order valence-electron chi connectivity index (χ0n) is 10.0. The molecule has 0 radical (unpaired) electrons. The average Bonchev–Trinajstić information content (AvgIpc) is 2.37. The Morgan fingerprint density at radius 2 is 2.11 bits per heavy atom. The third kappa shape index (κ3) is 3.81. The van der Waals surface area contributed by atoms with Crippen LogP contribution in [-0.4, -0.2) is 16.5 Å². The van der Waals surface area contributed by atoms with E-state index in [1.54, 1.807) is 6.20 Å². The van der Waals surface area contributed by atoms with Gasteiger partial charge in [0.15, 0.2) is 0 Å². The summed E-state index contributed by atoms with van der Waals surface area (Å²) >= 11 is 12.9. The van der Waals surface area contributed by atoms with Crippen molar-refractivity contribution in [1.29, 1.82) is 0 Å². The van der Waals surface area contributed by atoms with E-state index in [0.29, 0.717) is 16.8 Å². The first-order chi connectivity index (χ1) is 9.10. The lowest BCUT2D eigenvalue weighted by Gasteiger charge is -2.11. The van der Waals surface area contributed by atoms with Crippen LogP contribution in [0.25, 0.3) is 0 Å². The topological polar surface area (TPSA) is 49.8 Å². The van der Waals surface area contributed by atoms with Gasteiger partial charge in [0.25, 0.3) is 0 Å². The smallest absolute Gasteiger partial charge is 0.224 e. The fourth-order valence-electron chi connectivity index (χ4n) is 1.42. The average molecular weight is 407 g/mol. The molecule has 0 aliphatic heterocycles. The van der Waals surface area contributed by atoms with Gasteiger partial charge in [-0.1, -0.05) is 27.5 Å². The van der Waals surface area contributed by atoms with E-state index in [1.807, 2.05) is 25.1 Å². The van der Waals surface area contributed by atoms with Gasteiger partial charge in [0.05, 0.1) is 15.2 Å². The van der Waals surface area contributed by atoms with Crippen LogP contribution in [0.3, 0.4) is 0 Å². The predicted molar refractivity (Wildman–Crippen MR) is 86.3 cm³/mol. The van der Waals surface area contributed by atoms with Crippen LogP contribution in [0.5, 0.6) is 0 Å². The number of aromatic nitrogens is 2. The molecule has 4 nitrogen and oxygen atoms in total. The third-order valence-electron chi connectivity index (χ3n) is 2.26. The molecule has 2 aromatic rings.